The molecule has 0 aromatic heterocycles. The number of rotatable bonds is 7. The number of ether oxygens (including phenoxy) is 1. The fraction of sp³-hybridized carbons (Fsp3) is 0.650. The van der Waals surface area contributed by atoms with Gasteiger partial charge in [-0.15, -0.1) is 0 Å². The largest absolute Gasteiger partial charge is 0.378 e. The number of hydrogen-bond donors (Lipinski definition) is 1. The molecule has 2 fully saturated rings. The van der Waals surface area contributed by atoms with Gasteiger partial charge in [0.2, 0.25) is 10.0 Å². The quantitative estimate of drug-likeness (QED) is 0.598. The van der Waals surface area contributed by atoms with Crippen LogP contribution in [0.1, 0.15) is 38.5 Å². The summed E-state index contributed by atoms with van der Waals surface area (Å²) in [4.78, 5) is 14.3. The van der Waals surface area contributed by atoms with Gasteiger partial charge in [-0.2, -0.15) is 4.31 Å². The van der Waals surface area contributed by atoms with Crippen molar-refractivity contribution in [3.63, 3.8) is 0 Å². The molecule has 2 amide bonds. The average molecular weight is 488 g/mol. The van der Waals surface area contributed by atoms with E-state index in [0.29, 0.717) is 45.4 Å². The lowest BCUT2D eigenvalue weighted by Crippen LogP contribution is -2.53. The number of piperazine rings is 1. The van der Waals surface area contributed by atoms with Crippen LogP contribution >= 0.6 is 15.9 Å². The molecule has 1 saturated carbocycles. The van der Waals surface area contributed by atoms with Crippen LogP contribution in [0.3, 0.4) is 0 Å². The van der Waals surface area contributed by atoms with Gasteiger partial charge in [-0.3, -0.25) is 0 Å². The summed E-state index contributed by atoms with van der Waals surface area (Å²) in [5.41, 5.74) is 0. The third-order valence-electron chi connectivity index (χ3n) is 5.48. The highest BCUT2D eigenvalue weighted by Gasteiger charge is 2.30. The van der Waals surface area contributed by atoms with E-state index in [9.17, 15) is 13.2 Å². The molecular weight excluding hydrogens is 458 g/mol. The standard InChI is InChI=1S/C20H30BrN3O4S/c21-17-7-9-19(10-8-17)29(26,27)24-14-12-23(13-15-24)20(25)22-11-4-16-28-18-5-2-1-3-6-18/h7-10,18H,1-6,11-16H2,(H,22,25). The molecule has 1 aliphatic heterocycles. The van der Waals surface area contributed by atoms with Gasteiger partial charge in [0, 0.05) is 43.8 Å². The minimum Gasteiger partial charge on any atom is -0.378 e. The summed E-state index contributed by atoms with van der Waals surface area (Å²) in [7, 11) is -3.53. The molecule has 162 valence electrons. The second-order valence-electron chi connectivity index (χ2n) is 7.56. The Hall–Kier alpha value is -1.16. The van der Waals surface area contributed by atoms with E-state index >= 15 is 0 Å². The maximum absolute atomic E-state index is 12.7. The number of hydrogen-bond acceptors (Lipinski definition) is 4. The number of carbonyl (C=O) groups excluding carboxylic acids is 1. The van der Waals surface area contributed by atoms with Gasteiger partial charge in [-0.25, -0.2) is 13.2 Å². The Labute approximate surface area is 182 Å². The molecule has 9 heteroatoms. The smallest absolute Gasteiger partial charge is 0.317 e. The van der Waals surface area contributed by atoms with Crippen molar-refractivity contribution in [1.82, 2.24) is 14.5 Å². The molecule has 2 aliphatic rings. The van der Waals surface area contributed by atoms with Gasteiger partial charge in [-0.1, -0.05) is 35.2 Å². The van der Waals surface area contributed by atoms with E-state index in [1.165, 1.54) is 23.6 Å². The molecular formula is C20H30BrN3O4S. The van der Waals surface area contributed by atoms with Gasteiger partial charge < -0.3 is 15.0 Å². The Morgan fingerprint density at radius 2 is 1.72 bits per heavy atom. The number of urea groups is 1. The lowest BCUT2D eigenvalue weighted by Gasteiger charge is -2.34. The second kappa shape index (κ2) is 10.7. The highest BCUT2D eigenvalue weighted by molar-refractivity contribution is 9.10. The van der Waals surface area contributed by atoms with Crippen LogP contribution in [0.25, 0.3) is 0 Å². The molecule has 0 atom stereocenters. The molecule has 1 N–H and O–H groups in total. The van der Waals surface area contributed by atoms with Crippen molar-refractivity contribution < 1.29 is 17.9 Å². The number of halogens is 1. The summed E-state index contributed by atoms with van der Waals surface area (Å²) in [6, 6.07) is 6.48. The summed E-state index contributed by atoms with van der Waals surface area (Å²) in [5.74, 6) is 0. The zero-order valence-corrected chi connectivity index (χ0v) is 19.1. The molecule has 7 nitrogen and oxygen atoms in total. The zero-order valence-electron chi connectivity index (χ0n) is 16.7. The highest BCUT2D eigenvalue weighted by atomic mass is 79.9. The molecule has 1 aromatic carbocycles. The minimum atomic E-state index is -3.53. The first-order valence-corrected chi connectivity index (χ1v) is 12.6. The van der Waals surface area contributed by atoms with Crippen molar-refractivity contribution in [2.24, 2.45) is 0 Å². The topological polar surface area (TPSA) is 79.0 Å². The Kier molecular flexibility index (Phi) is 8.35. The van der Waals surface area contributed by atoms with Gasteiger partial charge in [0.15, 0.2) is 0 Å². The molecule has 1 aliphatic carbocycles. The highest BCUT2D eigenvalue weighted by Crippen LogP contribution is 2.21. The fourth-order valence-corrected chi connectivity index (χ4v) is 5.43. The van der Waals surface area contributed by atoms with Crippen molar-refractivity contribution >= 4 is 32.0 Å². The van der Waals surface area contributed by atoms with E-state index in [1.807, 2.05) is 0 Å². The van der Waals surface area contributed by atoms with Crippen molar-refractivity contribution in [3.8, 4) is 0 Å². The number of sulfonamides is 1. The number of carbonyl (C=O) groups is 1. The Morgan fingerprint density at radius 3 is 2.38 bits per heavy atom. The molecule has 1 aromatic rings. The van der Waals surface area contributed by atoms with Crippen molar-refractivity contribution in [3.05, 3.63) is 28.7 Å². The van der Waals surface area contributed by atoms with Crippen molar-refractivity contribution in [2.45, 2.75) is 49.5 Å². The van der Waals surface area contributed by atoms with Gasteiger partial charge >= 0.3 is 6.03 Å². The molecule has 1 saturated heterocycles. The summed E-state index contributed by atoms with van der Waals surface area (Å²) in [6.07, 6.45) is 7.31. The summed E-state index contributed by atoms with van der Waals surface area (Å²) in [6.45, 7) is 2.63. The third kappa shape index (κ3) is 6.41. The van der Waals surface area contributed by atoms with Gasteiger partial charge in [-0.05, 0) is 43.5 Å². The van der Waals surface area contributed by atoms with Crippen molar-refractivity contribution in [1.29, 1.82) is 0 Å². The Morgan fingerprint density at radius 1 is 1.07 bits per heavy atom. The number of nitrogens with zero attached hydrogens (tertiary/aromatic N) is 2. The predicted octanol–water partition coefficient (Wildman–Crippen LogP) is 3.20. The van der Waals surface area contributed by atoms with E-state index in [2.05, 4.69) is 21.2 Å². The molecule has 29 heavy (non-hydrogen) atoms. The van der Waals surface area contributed by atoms with Crippen LogP contribution < -0.4 is 5.32 Å². The average Bonchev–Trinajstić information content (AvgIpc) is 2.74. The summed E-state index contributed by atoms with van der Waals surface area (Å²) < 4.78 is 33.6. The van der Waals surface area contributed by atoms with E-state index in [-0.39, 0.29) is 10.9 Å². The molecule has 0 bridgehead atoms. The van der Waals surface area contributed by atoms with Crippen LogP contribution in [0.5, 0.6) is 0 Å². The van der Waals surface area contributed by atoms with Gasteiger partial charge in [0.1, 0.15) is 0 Å². The lowest BCUT2D eigenvalue weighted by atomic mass is 9.98. The van der Waals surface area contributed by atoms with E-state index in [4.69, 9.17) is 4.74 Å². The first-order chi connectivity index (χ1) is 14.0. The molecule has 0 spiro atoms. The number of nitrogens with one attached hydrogen (secondary N) is 1. The fourth-order valence-electron chi connectivity index (χ4n) is 3.75. The van der Waals surface area contributed by atoms with Gasteiger partial charge in [0.05, 0.1) is 11.0 Å². The van der Waals surface area contributed by atoms with E-state index < -0.39 is 10.0 Å². The number of amides is 2. The number of benzene rings is 1. The zero-order chi connectivity index (χ0) is 20.7. The lowest BCUT2D eigenvalue weighted by molar-refractivity contribution is 0.0274. The molecule has 1 heterocycles. The monoisotopic (exact) mass is 487 g/mol. The molecule has 3 rings (SSSR count). The van der Waals surface area contributed by atoms with Crippen LogP contribution in [-0.4, -0.2) is 69.1 Å². The third-order valence-corrected chi connectivity index (χ3v) is 7.92. The van der Waals surface area contributed by atoms with Crippen LogP contribution in [0.15, 0.2) is 33.6 Å². The van der Waals surface area contributed by atoms with E-state index in [1.54, 1.807) is 29.2 Å². The Bertz CT molecular complexity index is 758. The van der Waals surface area contributed by atoms with E-state index in [0.717, 1.165) is 23.7 Å². The minimum absolute atomic E-state index is 0.136. The predicted molar refractivity (Wildman–Crippen MR) is 115 cm³/mol. The first kappa shape index (κ1) is 22.5. The molecule has 0 radical (unpaired) electrons. The van der Waals surface area contributed by atoms with Crippen LogP contribution in [0, 0.1) is 0 Å². The maximum atomic E-state index is 12.7. The van der Waals surface area contributed by atoms with Crippen LogP contribution in [0.2, 0.25) is 0 Å². The van der Waals surface area contributed by atoms with Crippen LogP contribution in [-0.2, 0) is 14.8 Å². The summed E-state index contributed by atoms with van der Waals surface area (Å²) in [5, 5.41) is 2.92. The maximum Gasteiger partial charge on any atom is 0.317 e. The van der Waals surface area contributed by atoms with Gasteiger partial charge in [0.25, 0.3) is 0 Å². The first-order valence-electron chi connectivity index (χ1n) is 10.4. The normalized spacial score (nSPS) is 19.3. The second-order valence-corrected chi connectivity index (χ2v) is 10.4. The van der Waals surface area contributed by atoms with Crippen LogP contribution in [0.4, 0.5) is 4.79 Å². The Balaban J connectivity index is 1.36. The molecule has 0 unspecified atom stereocenters. The SMILES string of the molecule is O=C(NCCCOC1CCCCC1)N1CCN(S(=O)(=O)c2ccc(Br)cc2)CC1. The summed E-state index contributed by atoms with van der Waals surface area (Å²) >= 11 is 3.32. The van der Waals surface area contributed by atoms with Crippen molar-refractivity contribution in [2.75, 3.05) is 39.3 Å².